The molecule has 1 aromatic carbocycles. The topological polar surface area (TPSA) is 105 Å². The highest BCUT2D eigenvalue weighted by atomic mass is 32.1. The van der Waals surface area contributed by atoms with Crippen LogP contribution in [0, 0.1) is 0 Å². The smallest absolute Gasteiger partial charge is 0.344 e. The predicted octanol–water partition coefficient (Wildman–Crippen LogP) is 2.81. The van der Waals surface area contributed by atoms with Crippen LogP contribution in [0.1, 0.15) is 37.3 Å². The molecule has 0 saturated carbocycles. The lowest BCUT2D eigenvalue weighted by Crippen LogP contribution is -2.39. The van der Waals surface area contributed by atoms with E-state index < -0.39 is 18.0 Å². The minimum atomic E-state index is -0.651. The summed E-state index contributed by atoms with van der Waals surface area (Å²) in [6, 6.07) is 8.32. The van der Waals surface area contributed by atoms with E-state index in [0.717, 1.165) is 4.88 Å². The number of esters is 2. The highest BCUT2D eigenvalue weighted by Gasteiger charge is 2.34. The maximum absolute atomic E-state index is 13.7. The number of methoxy groups -OCH3 is 1. The number of hydrogen-bond acceptors (Lipinski definition) is 10. The van der Waals surface area contributed by atoms with Crippen molar-refractivity contribution in [1.29, 1.82) is 0 Å². The van der Waals surface area contributed by atoms with Gasteiger partial charge in [0.1, 0.15) is 6.04 Å². The lowest BCUT2D eigenvalue weighted by Gasteiger charge is -2.23. The van der Waals surface area contributed by atoms with E-state index in [9.17, 15) is 14.4 Å². The molecule has 0 radical (unpaired) electrons. The highest BCUT2D eigenvalue weighted by Crippen LogP contribution is 2.34. The molecular weight excluding hydrogens is 516 g/mol. The molecule has 0 spiro atoms. The number of benzene rings is 1. The van der Waals surface area contributed by atoms with Crippen molar-refractivity contribution >= 4 is 40.7 Å². The maximum atomic E-state index is 13.7. The van der Waals surface area contributed by atoms with E-state index in [2.05, 4.69) is 4.99 Å². The molecule has 0 fully saturated rings. The van der Waals surface area contributed by atoms with Crippen LogP contribution in [0.15, 0.2) is 56.8 Å². The Kier molecular flexibility index (Phi) is 8.24. The number of para-hydroxylation sites is 1. The van der Waals surface area contributed by atoms with E-state index in [1.165, 1.54) is 34.4 Å². The van der Waals surface area contributed by atoms with Crippen LogP contribution >= 0.6 is 22.7 Å². The van der Waals surface area contributed by atoms with Crippen molar-refractivity contribution in [2.75, 3.05) is 26.9 Å². The van der Waals surface area contributed by atoms with Gasteiger partial charge in [-0.05, 0) is 44.4 Å². The number of fused-ring (bicyclic) bond motifs is 1. The van der Waals surface area contributed by atoms with Crippen LogP contribution in [0.5, 0.6) is 11.5 Å². The third-order valence-corrected chi connectivity index (χ3v) is 7.39. The van der Waals surface area contributed by atoms with Gasteiger partial charge in [-0.2, -0.15) is 0 Å². The van der Waals surface area contributed by atoms with Crippen LogP contribution in [0.25, 0.3) is 6.08 Å². The predicted molar refractivity (Wildman–Crippen MR) is 140 cm³/mol. The number of nitrogens with zero attached hydrogens (tertiary/aromatic N) is 2. The molecular formula is C26H26N2O7S2. The standard InChI is InChI=1S/C26H26N2O7S2/c1-5-33-20(29)14-35-23-16(9-7-10-17(23)32-4)13-19-24(30)28-22(18-11-8-12-36-18)21(25(31)34-6-2)15(3)27-26(28)37-19/h7-13,22H,5-6,14H2,1-4H3/b19-13-/t22-/m0/s1. The molecule has 2 aromatic heterocycles. The van der Waals surface area contributed by atoms with Gasteiger partial charge >= 0.3 is 11.9 Å². The number of thiophene rings is 1. The number of aromatic nitrogens is 1. The lowest BCUT2D eigenvalue weighted by atomic mass is 10.0. The Balaban J connectivity index is 1.85. The molecule has 0 amide bonds. The summed E-state index contributed by atoms with van der Waals surface area (Å²) in [7, 11) is 1.49. The Bertz CT molecular complexity index is 1520. The third-order valence-electron chi connectivity index (χ3n) is 5.49. The molecule has 194 valence electrons. The average Bonchev–Trinajstić information content (AvgIpc) is 3.51. The van der Waals surface area contributed by atoms with Gasteiger partial charge in [-0.1, -0.05) is 29.5 Å². The first kappa shape index (κ1) is 26.4. The normalized spacial score (nSPS) is 15.1. The van der Waals surface area contributed by atoms with Gasteiger partial charge in [0.2, 0.25) is 0 Å². The van der Waals surface area contributed by atoms with Gasteiger partial charge in [-0.3, -0.25) is 9.36 Å². The maximum Gasteiger partial charge on any atom is 0.344 e. The van der Waals surface area contributed by atoms with Crippen molar-refractivity contribution in [3.05, 3.63) is 77.1 Å². The third kappa shape index (κ3) is 5.37. The molecule has 4 rings (SSSR count). The van der Waals surface area contributed by atoms with E-state index in [1.807, 2.05) is 17.5 Å². The second-order valence-electron chi connectivity index (χ2n) is 7.79. The van der Waals surface area contributed by atoms with E-state index >= 15 is 0 Å². The molecule has 1 atom stereocenters. The molecule has 11 heteroatoms. The SMILES string of the molecule is CCOC(=O)COc1c(/C=c2\sc3n(c2=O)[C@@H](c2cccs2)C(C(=O)OCC)=C(C)N=3)cccc1OC. The second kappa shape index (κ2) is 11.6. The number of carbonyl (C=O) groups is 2. The summed E-state index contributed by atoms with van der Waals surface area (Å²) >= 11 is 2.65. The average molecular weight is 543 g/mol. The van der Waals surface area contributed by atoms with Crippen LogP contribution in [0.2, 0.25) is 0 Å². The Labute approximate surface area is 220 Å². The molecule has 0 unspecified atom stereocenters. The highest BCUT2D eigenvalue weighted by molar-refractivity contribution is 7.10. The molecule has 0 bridgehead atoms. The molecule has 37 heavy (non-hydrogen) atoms. The number of rotatable bonds is 9. The number of allylic oxidation sites excluding steroid dienone is 1. The number of carbonyl (C=O) groups excluding carboxylic acids is 2. The molecule has 0 saturated heterocycles. The zero-order chi connectivity index (χ0) is 26.5. The minimum absolute atomic E-state index is 0.210. The van der Waals surface area contributed by atoms with Crippen molar-refractivity contribution in [3.8, 4) is 11.5 Å². The van der Waals surface area contributed by atoms with E-state index in [1.54, 1.807) is 45.0 Å². The monoisotopic (exact) mass is 542 g/mol. The van der Waals surface area contributed by atoms with Crippen LogP contribution in [0.4, 0.5) is 0 Å². The fourth-order valence-corrected chi connectivity index (χ4v) is 5.81. The molecule has 3 aromatic rings. The molecule has 0 N–H and O–H groups in total. The molecule has 0 aliphatic carbocycles. The van der Waals surface area contributed by atoms with Crippen molar-refractivity contribution in [1.82, 2.24) is 4.57 Å². The molecule has 3 heterocycles. The number of thiazole rings is 1. The first-order chi connectivity index (χ1) is 17.9. The second-order valence-corrected chi connectivity index (χ2v) is 9.78. The van der Waals surface area contributed by atoms with Gasteiger partial charge in [-0.15, -0.1) is 11.3 Å². The van der Waals surface area contributed by atoms with Crippen LogP contribution in [0.3, 0.4) is 0 Å². The Hall–Kier alpha value is -3.70. The number of ether oxygens (including phenoxy) is 4. The van der Waals surface area contributed by atoms with Gasteiger partial charge in [0.15, 0.2) is 22.9 Å². The van der Waals surface area contributed by atoms with Crippen molar-refractivity contribution in [3.63, 3.8) is 0 Å². The van der Waals surface area contributed by atoms with Crippen LogP contribution in [-0.4, -0.2) is 43.4 Å². The van der Waals surface area contributed by atoms with Crippen molar-refractivity contribution in [2.45, 2.75) is 26.8 Å². The lowest BCUT2D eigenvalue weighted by molar-refractivity contribution is -0.145. The summed E-state index contributed by atoms with van der Waals surface area (Å²) in [5.41, 5.74) is 1.08. The van der Waals surface area contributed by atoms with Crippen LogP contribution < -0.4 is 24.4 Å². The molecule has 9 nitrogen and oxygen atoms in total. The zero-order valence-electron chi connectivity index (χ0n) is 20.8. The van der Waals surface area contributed by atoms with E-state index in [4.69, 9.17) is 18.9 Å². The summed E-state index contributed by atoms with van der Waals surface area (Å²) in [6.45, 7) is 5.33. The fourth-order valence-electron chi connectivity index (χ4n) is 3.94. The van der Waals surface area contributed by atoms with Crippen LogP contribution in [-0.2, 0) is 19.1 Å². The summed E-state index contributed by atoms with van der Waals surface area (Å²) in [4.78, 5) is 44.4. The largest absolute Gasteiger partial charge is 0.493 e. The van der Waals surface area contributed by atoms with Gasteiger partial charge in [0.25, 0.3) is 5.56 Å². The fraction of sp³-hybridized carbons (Fsp3) is 0.308. The van der Waals surface area contributed by atoms with Gasteiger partial charge in [0, 0.05) is 10.4 Å². The first-order valence-corrected chi connectivity index (χ1v) is 13.3. The van der Waals surface area contributed by atoms with E-state index in [-0.39, 0.29) is 25.4 Å². The Morgan fingerprint density at radius 2 is 1.92 bits per heavy atom. The Morgan fingerprint density at radius 3 is 2.59 bits per heavy atom. The summed E-state index contributed by atoms with van der Waals surface area (Å²) in [5, 5.41) is 1.90. The Morgan fingerprint density at radius 1 is 1.14 bits per heavy atom. The summed E-state index contributed by atoms with van der Waals surface area (Å²) in [6.07, 6.45) is 1.67. The molecule has 1 aliphatic heterocycles. The summed E-state index contributed by atoms with van der Waals surface area (Å²) < 4.78 is 23.3. The minimum Gasteiger partial charge on any atom is -0.493 e. The quantitative estimate of drug-likeness (QED) is 0.383. The first-order valence-electron chi connectivity index (χ1n) is 11.6. The van der Waals surface area contributed by atoms with Gasteiger partial charge < -0.3 is 18.9 Å². The van der Waals surface area contributed by atoms with Crippen molar-refractivity contribution < 1.29 is 28.5 Å². The molecule has 1 aliphatic rings. The van der Waals surface area contributed by atoms with Crippen molar-refractivity contribution in [2.24, 2.45) is 4.99 Å². The summed E-state index contributed by atoms with van der Waals surface area (Å²) in [5.74, 6) is -0.305. The van der Waals surface area contributed by atoms with Gasteiger partial charge in [0.05, 0.1) is 36.1 Å². The zero-order valence-corrected chi connectivity index (χ0v) is 22.4. The number of hydrogen-bond donors (Lipinski definition) is 0. The van der Waals surface area contributed by atoms with E-state index in [0.29, 0.717) is 37.7 Å². The van der Waals surface area contributed by atoms with Gasteiger partial charge in [-0.25, -0.2) is 14.6 Å².